The van der Waals surface area contributed by atoms with Crippen LogP contribution in [0.2, 0.25) is 5.02 Å². The van der Waals surface area contributed by atoms with Gasteiger partial charge in [-0.1, -0.05) is 29.8 Å². The van der Waals surface area contributed by atoms with Crippen LogP contribution in [-0.2, 0) is 11.3 Å². The first-order valence-corrected chi connectivity index (χ1v) is 8.55. The second-order valence-corrected chi connectivity index (χ2v) is 7.00. The molecule has 1 heterocycles. The van der Waals surface area contributed by atoms with Gasteiger partial charge >= 0.3 is 0 Å². The third kappa shape index (κ3) is 3.25. The fourth-order valence-electron chi connectivity index (χ4n) is 3.25. The minimum Gasteiger partial charge on any atom is -0.335 e. The Labute approximate surface area is 141 Å². The van der Waals surface area contributed by atoms with Crippen LogP contribution in [0.25, 0.3) is 0 Å². The van der Waals surface area contributed by atoms with E-state index < -0.39 is 0 Å². The molecule has 118 valence electrons. The summed E-state index contributed by atoms with van der Waals surface area (Å²) in [4.78, 5) is 19.2. The fraction of sp³-hybridized carbons (Fsp3) is 0.368. The van der Waals surface area contributed by atoms with Gasteiger partial charge in [-0.25, -0.2) is 0 Å². The van der Waals surface area contributed by atoms with Crippen LogP contribution in [0.4, 0.5) is 0 Å². The molecule has 2 aromatic rings. The quantitative estimate of drug-likeness (QED) is 0.831. The Morgan fingerprint density at radius 1 is 1.26 bits per heavy atom. The van der Waals surface area contributed by atoms with Gasteiger partial charge in [-0.2, -0.15) is 0 Å². The molecule has 1 amide bonds. The monoisotopic (exact) mass is 326 g/mol. The summed E-state index contributed by atoms with van der Waals surface area (Å²) in [5.41, 5.74) is 2.29. The van der Waals surface area contributed by atoms with E-state index in [0.29, 0.717) is 24.4 Å². The summed E-state index contributed by atoms with van der Waals surface area (Å²) in [6.45, 7) is 0.677. The number of hydrogen-bond acceptors (Lipinski definition) is 2. The zero-order chi connectivity index (χ0) is 15.8. The second kappa shape index (κ2) is 5.97. The molecule has 0 N–H and O–H groups in total. The topological polar surface area (TPSA) is 33.2 Å². The fourth-order valence-corrected chi connectivity index (χ4v) is 3.45. The van der Waals surface area contributed by atoms with Crippen LogP contribution in [-0.4, -0.2) is 21.8 Å². The number of rotatable bonds is 5. The predicted molar refractivity (Wildman–Crippen MR) is 90.1 cm³/mol. The van der Waals surface area contributed by atoms with E-state index in [-0.39, 0.29) is 5.92 Å². The number of amides is 1. The number of hydrogen-bond donors (Lipinski definition) is 0. The minimum atomic E-state index is 0.116. The van der Waals surface area contributed by atoms with Gasteiger partial charge in [0.05, 0.1) is 0 Å². The number of pyridine rings is 1. The van der Waals surface area contributed by atoms with Gasteiger partial charge in [-0.15, -0.1) is 0 Å². The molecule has 0 bridgehead atoms. The van der Waals surface area contributed by atoms with Crippen molar-refractivity contribution >= 4 is 17.5 Å². The lowest BCUT2D eigenvalue weighted by Crippen LogP contribution is -2.34. The lowest BCUT2D eigenvalue weighted by atomic mass is 10.1. The molecule has 0 spiro atoms. The standard InChI is InChI=1S/C19H19ClN2O/c20-15-5-1-4-14(9-15)17-10-18(17)19(23)22(16-6-7-16)12-13-3-2-8-21-11-13/h1-5,8-9,11,16-18H,6-7,10,12H2/t17-,18-/m0/s1. The average molecular weight is 327 g/mol. The molecule has 3 nitrogen and oxygen atoms in total. The van der Waals surface area contributed by atoms with Gasteiger partial charge in [0.25, 0.3) is 0 Å². The molecule has 2 aliphatic rings. The van der Waals surface area contributed by atoms with Crippen molar-refractivity contribution in [2.24, 2.45) is 5.92 Å². The first kappa shape index (κ1) is 14.7. The van der Waals surface area contributed by atoms with Crippen molar-refractivity contribution in [3.8, 4) is 0 Å². The Morgan fingerprint density at radius 3 is 2.83 bits per heavy atom. The molecule has 0 radical (unpaired) electrons. The Balaban J connectivity index is 1.47. The number of nitrogens with zero attached hydrogens (tertiary/aromatic N) is 2. The average Bonchev–Trinajstić information content (AvgIpc) is 3.47. The van der Waals surface area contributed by atoms with Crippen molar-refractivity contribution in [1.82, 2.24) is 9.88 Å². The summed E-state index contributed by atoms with van der Waals surface area (Å²) in [5, 5.41) is 0.745. The van der Waals surface area contributed by atoms with Crippen LogP contribution < -0.4 is 0 Å². The van der Waals surface area contributed by atoms with Gasteiger partial charge in [0.1, 0.15) is 0 Å². The number of carbonyl (C=O) groups excluding carboxylic acids is 1. The van der Waals surface area contributed by atoms with E-state index in [2.05, 4.69) is 16.0 Å². The maximum absolute atomic E-state index is 12.9. The van der Waals surface area contributed by atoms with Gasteiger partial charge < -0.3 is 4.90 Å². The molecule has 2 saturated carbocycles. The summed E-state index contributed by atoms with van der Waals surface area (Å²) in [5.74, 6) is 0.739. The molecule has 4 heteroatoms. The predicted octanol–water partition coefficient (Wildman–Crippen LogP) is 4.03. The van der Waals surface area contributed by atoms with E-state index in [1.165, 1.54) is 5.56 Å². The summed E-state index contributed by atoms with van der Waals surface area (Å²) in [6.07, 6.45) is 6.81. The van der Waals surface area contributed by atoms with Crippen LogP contribution in [0.5, 0.6) is 0 Å². The summed E-state index contributed by atoms with van der Waals surface area (Å²) >= 11 is 6.07. The van der Waals surface area contributed by atoms with E-state index in [1.54, 1.807) is 6.20 Å². The smallest absolute Gasteiger partial charge is 0.226 e. The Kier molecular flexibility index (Phi) is 3.82. The molecule has 0 unspecified atom stereocenters. The van der Waals surface area contributed by atoms with Crippen LogP contribution in [0, 0.1) is 5.92 Å². The lowest BCUT2D eigenvalue weighted by molar-refractivity contribution is -0.133. The third-order valence-electron chi connectivity index (χ3n) is 4.73. The van der Waals surface area contributed by atoms with E-state index in [4.69, 9.17) is 11.6 Å². The maximum atomic E-state index is 12.9. The zero-order valence-corrected chi connectivity index (χ0v) is 13.6. The van der Waals surface area contributed by atoms with Gasteiger partial charge in [0, 0.05) is 35.9 Å². The molecule has 2 fully saturated rings. The van der Waals surface area contributed by atoms with Crippen molar-refractivity contribution in [1.29, 1.82) is 0 Å². The molecule has 2 aliphatic carbocycles. The van der Waals surface area contributed by atoms with E-state index in [1.807, 2.05) is 36.5 Å². The number of halogens is 1. The highest BCUT2D eigenvalue weighted by atomic mass is 35.5. The van der Waals surface area contributed by atoms with Crippen LogP contribution in [0.1, 0.15) is 36.3 Å². The van der Waals surface area contributed by atoms with Crippen molar-refractivity contribution < 1.29 is 4.79 Å². The lowest BCUT2D eigenvalue weighted by Gasteiger charge is -2.22. The highest BCUT2D eigenvalue weighted by molar-refractivity contribution is 6.30. The highest BCUT2D eigenvalue weighted by Crippen LogP contribution is 2.50. The molecule has 4 rings (SSSR count). The molecule has 23 heavy (non-hydrogen) atoms. The normalized spacial score (nSPS) is 22.7. The molecule has 0 saturated heterocycles. The Bertz CT molecular complexity index is 714. The van der Waals surface area contributed by atoms with Crippen molar-refractivity contribution in [3.05, 3.63) is 64.9 Å². The minimum absolute atomic E-state index is 0.116. The summed E-state index contributed by atoms with van der Waals surface area (Å²) in [7, 11) is 0. The molecule has 2 atom stereocenters. The van der Waals surface area contributed by atoms with E-state index in [9.17, 15) is 4.79 Å². The first-order chi connectivity index (χ1) is 11.2. The summed E-state index contributed by atoms with van der Waals surface area (Å²) < 4.78 is 0. The van der Waals surface area contributed by atoms with Gasteiger partial charge in [-0.05, 0) is 54.5 Å². The molecular weight excluding hydrogens is 308 g/mol. The molecule has 1 aromatic carbocycles. The number of benzene rings is 1. The largest absolute Gasteiger partial charge is 0.335 e. The first-order valence-electron chi connectivity index (χ1n) is 8.17. The highest BCUT2D eigenvalue weighted by Gasteiger charge is 2.48. The van der Waals surface area contributed by atoms with Gasteiger partial charge in [0.15, 0.2) is 0 Å². The Morgan fingerprint density at radius 2 is 2.13 bits per heavy atom. The Hall–Kier alpha value is -1.87. The van der Waals surface area contributed by atoms with Crippen molar-refractivity contribution in [2.75, 3.05) is 0 Å². The molecule has 1 aromatic heterocycles. The van der Waals surface area contributed by atoms with Crippen molar-refractivity contribution in [3.63, 3.8) is 0 Å². The number of aromatic nitrogens is 1. The van der Waals surface area contributed by atoms with Gasteiger partial charge in [0.2, 0.25) is 5.91 Å². The second-order valence-electron chi connectivity index (χ2n) is 6.56. The molecule has 0 aliphatic heterocycles. The number of carbonyl (C=O) groups is 1. The van der Waals surface area contributed by atoms with Crippen LogP contribution >= 0.6 is 11.6 Å². The summed E-state index contributed by atoms with van der Waals surface area (Å²) in [6, 6.07) is 12.3. The van der Waals surface area contributed by atoms with Crippen LogP contribution in [0.3, 0.4) is 0 Å². The van der Waals surface area contributed by atoms with Gasteiger partial charge in [-0.3, -0.25) is 9.78 Å². The van der Waals surface area contributed by atoms with E-state index in [0.717, 1.165) is 29.8 Å². The maximum Gasteiger partial charge on any atom is 0.226 e. The third-order valence-corrected chi connectivity index (χ3v) is 4.97. The SMILES string of the molecule is O=C([C@H]1C[C@H]1c1cccc(Cl)c1)N(Cc1cccnc1)C1CC1. The zero-order valence-electron chi connectivity index (χ0n) is 12.9. The van der Waals surface area contributed by atoms with E-state index >= 15 is 0 Å². The molecular formula is C19H19ClN2O. The van der Waals surface area contributed by atoms with Crippen molar-refractivity contribution in [2.45, 2.75) is 37.8 Å². The van der Waals surface area contributed by atoms with Crippen LogP contribution in [0.15, 0.2) is 48.8 Å².